The van der Waals surface area contributed by atoms with E-state index in [-0.39, 0.29) is 18.4 Å². The second-order valence-electron chi connectivity index (χ2n) is 3.70. The Labute approximate surface area is 83.0 Å². The van der Waals surface area contributed by atoms with Crippen molar-refractivity contribution in [1.29, 1.82) is 0 Å². The first-order valence-corrected chi connectivity index (χ1v) is 4.78. The fraction of sp³-hybridized carbons (Fsp3) is 0.600. The van der Waals surface area contributed by atoms with Gasteiger partial charge in [0.05, 0.1) is 6.42 Å². The Morgan fingerprint density at radius 1 is 1.57 bits per heavy atom. The van der Waals surface area contributed by atoms with Crippen LogP contribution in [0.3, 0.4) is 0 Å². The van der Waals surface area contributed by atoms with Crippen LogP contribution >= 0.6 is 0 Å². The van der Waals surface area contributed by atoms with Gasteiger partial charge in [0.25, 0.3) is 0 Å². The van der Waals surface area contributed by atoms with Crippen molar-refractivity contribution in [3.05, 3.63) is 12.2 Å². The van der Waals surface area contributed by atoms with Gasteiger partial charge >= 0.3 is 5.97 Å². The molecule has 1 atom stereocenters. The van der Waals surface area contributed by atoms with Crippen molar-refractivity contribution in [2.45, 2.75) is 32.2 Å². The van der Waals surface area contributed by atoms with Crippen molar-refractivity contribution in [2.24, 2.45) is 5.92 Å². The smallest absolute Gasteiger partial charge is 0.305 e. The second-order valence-corrected chi connectivity index (χ2v) is 3.70. The molecular formula is C10H15NO3. The molecule has 14 heavy (non-hydrogen) atoms. The van der Waals surface area contributed by atoms with E-state index in [4.69, 9.17) is 5.11 Å². The number of carbonyl (C=O) groups is 2. The first kappa shape index (κ1) is 10.8. The molecule has 1 unspecified atom stereocenters. The van der Waals surface area contributed by atoms with Crippen LogP contribution in [-0.2, 0) is 9.59 Å². The molecule has 1 rings (SSSR count). The Morgan fingerprint density at radius 2 is 2.21 bits per heavy atom. The number of allylic oxidation sites excluding steroid dienone is 1. The summed E-state index contributed by atoms with van der Waals surface area (Å²) in [6, 6.07) is -0.316. The van der Waals surface area contributed by atoms with Gasteiger partial charge in [-0.25, -0.2) is 0 Å². The zero-order valence-electron chi connectivity index (χ0n) is 8.19. The molecule has 1 amide bonds. The lowest BCUT2D eigenvalue weighted by Gasteiger charge is -2.08. The highest BCUT2D eigenvalue weighted by Gasteiger charge is 2.17. The summed E-state index contributed by atoms with van der Waals surface area (Å²) in [5.74, 6) is -0.537. The summed E-state index contributed by atoms with van der Waals surface area (Å²) >= 11 is 0. The second kappa shape index (κ2) is 4.79. The summed E-state index contributed by atoms with van der Waals surface area (Å²) in [4.78, 5) is 21.5. The highest BCUT2D eigenvalue weighted by molar-refractivity contribution is 5.88. The molecule has 0 spiro atoms. The lowest BCUT2D eigenvalue weighted by molar-refractivity contribution is -0.137. The van der Waals surface area contributed by atoms with E-state index in [1.807, 2.05) is 6.08 Å². The zero-order valence-corrected chi connectivity index (χ0v) is 8.19. The predicted molar refractivity (Wildman–Crippen MR) is 51.7 cm³/mol. The molecule has 0 aromatic carbocycles. The normalized spacial score (nSPS) is 18.1. The molecule has 1 aliphatic rings. The van der Waals surface area contributed by atoms with Crippen molar-refractivity contribution >= 4 is 11.9 Å². The molecule has 1 saturated carbocycles. The summed E-state index contributed by atoms with van der Waals surface area (Å²) in [5, 5.41) is 11.0. The van der Waals surface area contributed by atoms with E-state index in [0.29, 0.717) is 5.92 Å². The molecular weight excluding hydrogens is 182 g/mol. The Balaban J connectivity index is 2.21. The third-order valence-corrected chi connectivity index (χ3v) is 2.01. The fourth-order valence-corrected chi connectivity index (χ4v) is 1.12. The van der Waals surface area contributed by atoms with E-state index in [0.717, 1.165) is 12.8 Å². The number of carboxylic acids is 1. The molecule has 1 fully saturated rings. The quantitative estimate of drug-likeness (QED) is 0.644. The van der Waals surface area contributed by atoms with Gasteiger partial charge in [0.1, 0.15) is 0 Å². The van der Waals surface area contributed by atoms with E-state index < -0.39 is 5.97 Å². The molecule has 4 heteroatoms. The van der Waals surface area contributed by atoms with Crippen LogP contribution in [0.1, 0.15) is 26.2 Å². The number of aliphatic carboxylic acids is 1. The molecule has 78 valence electrons. The van der Waals surface area contributed by atoms with Gasteiger partial charge in [-0.05, 0) is 31.8 Å². The van der Waals surface area contributed by atoms with Crippen LogP contribution in [0.4, 0.5) is 0 Å². The van der Waals surface area contributed by atoms with Crippen molar-refractivity contribution in [2.75, 3.05) is 0 Å². The molecule has 4 nitrogen and oxygen atoms in total. The SMILES string of the molecule is CC(CC(=O)O)NC(=O)/C=C/C1CC1. The Kier molecular flexibility index (Phi) is 3.68. The lowest BCUT2D eigenvalue weighted by atomic mass is 10.2. The Hall–Kier alpha value is -1.32. The van der Waals surface area contributed by atoms with Crippen LogP contribution in [0.15, 0.2) is 12.2 Å². The summed E-state index contributed by atoms with van der Waals surface area (Å²) in [7, 11) is 0. The first-order valence-electron chi connectivity index (χ1n) is 4.78. The minimum atomic E-state index is -0.899. The van der Waals surface area contributed by atoms with Crippen molar-refractivity contribution in [3.8, 4) is 0 Å². The molecule has 1 aliphatic carbocycles. The maximum atomic E-state index is 11.2. The molecule has 0 aromatic heterocycles. The predicted octanol–water partition coefficient (Wildman–Crippen LogP) is 0.932. The molecule has 0 saturated heterocycles. The third kappa shape index (κ3) is 4.64. The number of carbonyl (C=O) groups excluding carboxylic acids is 1. The lowest BCUT2D eigenvalue weighted by Crippen LogP contribution is -2.32. The van der Waals surface area contributed by atoms with Crippen molar-refractivity contribution in [1.82, 2.24) is 5.32 Å². The summed E-state index contributed by atoms with van der Waals surface area (Å²) in [6.45, 7) is 1.68. The number of rotatable bonds is 5. The van der Waals surface area contributed by atoms with Gasteiger partial charge in [-0.2, -0.15) is 0 Å². The Bertz CT molecular complexity index is 256. The molecule has 0 radical (unpaired) electrons. The van der Waals surface area contributed by atoms with Gasteiger partial charge in [0, 0.05) is 6.04 Å². The molecule has 0 heterocycles. The molecule has 0 bridgehead atoms. The topological polar surface area (TPSA) is 66.4 Å². The first-order chi connectivity index (χ1) is 6.58. The monoisotopic (exact) mass is 197 g/mol. The van der Waals surface area contributed by atoms with Crippen LogP contribution in [0.5, 0.6) is 0 Å². The van der Waals surface area contributed by atoms with Gasteiger partial charge in [-0.1, -0.05) is 6.08 Å². The number of nitrogens with one attached hydrogen (secondary N) is 1. The van der Waals surface area contributed by atoms with Gasteiger partial charge in [0.2, 0.25) is 5.91 Å². The molecule has 2 N–H and O–H groups in total. The zero-order chi connectivity index (χ0) is 10.6. The highest BCUT2D eigenvalue weighted by Crippen LogP contribution is 2.29. The summed E-state index contributed by atoms with van der Waals surface area (Å²) in [6.07, 6.45) is 5.66. The van der Waals surface area contributed by atoms with Gasteiger partial charge < -0.3 is 10.4 Å². The van der Waals surface area contributed by atoms with E-state index in [9.17, 15) is 9.59 Å². The average Bonchev–Trinajstić information content (AvgIpc) is 2.81. The van der Waals surface area contributed by atoms with Gasteiger partial charge in [-0.15, -0.1) is 0 Å². The highest BCUT2D eigenvalue weighted by atomic mass is 16.4. The van der Waals surface area contributed by atoms with Gasteiger partial charge in [0.15, 0.2) is 0 Å². The van der Waals surface area contributed by atoms with E-state index >= 15 is 0 Å². The maximum absolute atomic E-state index is 11.2. The summed E-state index contributed by atoms with van der Waals surface area (Å²) in [5.41, 5.74) is 0. The largest absolute Gasteiger partial charge is 0.481 e. The minimum absolute atomic E-state index is 0.0387. The standard InChI is InChI=1S/C10H15NO3/c1-7(6-10(13)14)11-9(12)5-4-8-2-3-8/h4-5,7-8H,2-3,6H2,1H3,(H,11,12)(H,13,14)/b5-4+. The van der Waals surface area contributed by atoms with Crippen LogP contribution in [0.25, 0.3) is 0 Å². The third-order valence-electron chi connectivity index (χ3n) is 2.01. The van der Waals surface area contributed by atoms with Gasteiger partial charge in [-0.3, -0.25) is 9.59 Å². The van der Waals surface area contributed by atoms with Crippen LogP contribution in [0, 0.1) is 5.92 Å². The fourth-order valence-electron chi connectivity index (χ4n) is 1.12. The number of amides is 1. The number of hydrogen-bond donors (Lipinski definition) is 2. The van der Waals surface area contributed by atoms with Crippen LogP contribution < -0.4 is 5.32 Å². The average molecular weight is 197 g/mol. The molecule has 0 aromatic rings. The van der Waals surface area contributed by atoms with Crippen LogP contribution in [-0.4, -0.2) is 23.0 Å². The van der Waals surface area contributed by atoms with Crippen molar-refractivity contribution in [3.63, 3.8) is 0 Å². The van der Waals surface area contributed by atoms with Crippen LogP contribution in [0.2, 0.25) is 0 Å². The van der Waals surface area contributed by atoms with E-state index in [1.165, 1.54) is 6.08 Å². The van der Waals surface area contributed by atoms with E-state index in [2.05, 4.69) is 5.32 Å². The number of hydrogen-bond acceptors (Lipinski definition) is 2. The minimum Gasteiger partial charge on any atom is -0.481 e. The van der Waals surface area contributed by atoms with Crippen molar-refractivity contribution < 1.29 is 14.7 Å². The molecule has 0 aliphatic heterocycles. The van der Waals surface area contributed by atoms with E-state index in [1.54, 1.807) is 6.92 Å². The number of carboxylic acid groups (broad SMARTS) is 1. The summed E-state index contributed by atoms with van der Waals surface area (Å²) < 4.78 is 0. The maximum Gasteiger partial charge on any atom is 0.305 e. The Morgan fingerprint density at radius 3 is 2.71 bits per heavy atom.